The number of carbonyl (C=O) groups excluding carboxylic acids is 1. The van der Waals surface area contributed by atoms with Gasteiger partial charge in [-0.05, 0) is 43.7 Å². The number of rotatable bonds is 5. The van der Waals surface area contributed by atoms with Crippen molar-refractivity contribution < 1.29 is 9.21 Å². The quantitative estimate of drug-likeness (QED) is 0.501. The molecule has 2 aromatic carbocycles. The molecule has 0 aliphatic rings. The van der Waals surface area contributed by atoms with Crippen LogP contribution in [-0.2, 0) is 6.54 Å². The topological polar surface area (TPSA) is 112 Å². The van der Waals surface area contributed by atoms with Gasteiger partial charge in [-0.15, -0.1) is 5.10 Å². The molecule has 152 valence electrons. The minimum absolute atomic E-state index is 0.0267. The van der Waals surface area contributed by atoms with Crippen LogP contribution in [-0.4, -0.2) is 25.9 Å². The molecule has 0 radical (unpaired) electrons. The zero-order chi connectivity index (χ0) is 21.3. The molecule has 4 rings (SSSR count). The summed E-state index contributed by atoms with van der Waals surface area (Å²) in [7, 11) is 0. The van der Waals surface area contributed by atoms with Crippen LogP contribution in [0.3, 0.4) is 0 Å². The highest BCUT2D eigenvalue weighted by Crippen LogP contribution is 2.24. The molecule has 0 fully saturated rings. The van der Waals surface area contributed by atoms with Crippen LogP contribution in [0.4, 0.5) is 11.5 Å². The van der Waals surface area contributed by atoms with Crippen molar-refractivity contribution >= 4 is 29.0 Å². The molecule has 30 heavy (non-hydrogen) atoms. The number of carbonyl (C=O) groups is 1. The fraction of sp³-hybridized carbons (Fsp3) is 0.143. The van der Waals surface area contributed by atoms with E-state index in [4.69, 9.17) is 21.8 Å². The fourth-order valence-electron chi connectivity index (χ4n) is 2.93. The summed E-state index contributed by atoms with van der Waals surface area (Å²) in [4.78, 5) is 17.2. The van der Waals surface area contributed by atoms with E-state index < -0.39 is 5.91 Å². The summed E-state index contributed by atoms with van der Waals surface area (Å²) in [5, 5.41) is 11.2. The van der Waals surface area contributed by atoms with Crippen LogP contribution >= 0.6 is 11.6 Å². The van der Waals surface area contributed by atoms with Crippen LogP contribution < -0.4 is 11.1 Å². The standard InChI is InChI=1S/C21H19ClN6O2/c1-12-8-9-15(22)10-16(12)24-20(29)18-19(23)28(27-26-18)11-17-13(2)30-21(25-17)14-6-4-3-5-7-14/h3-10H,11,23H2,1-2H3,(H,24,29). The summed E-state index contributed by atoms with van der Waals surface area (Å²) < 4.78 is 7.18. The zero-order valence-corrected chi connectivity index (χ0v) is 17.1. The highest BCUT2D eigenvalue weighted by atomic mass is 35.5. The first-order chi connectivity index (χ1) is 14.4. The summed E-state index contributed by atoms with van der Waals surface area (Å²) in [6.07, 6.45) is 0. The summed E-state index contributed by atoms with van der Waals surface area (Å²) in [6.45, 7) is 3.91. The second-order valence-electron chi connectivity index (χ2n) is 6.78. The Bertz CT molecular complexity index is 1220. The Balaban J connectivity index is 1.55. The Labute approximate surface area is 177 Å². The number of amides is 1. The molecule has 4 aromatic rings. The lowest BCUT2D eigenvalue weighted by Crippen LogP contribution is -2.16. The molecule has 0 unspecified atom stereocenters. The van der Waals surface area contributed by atoms with Gasteiger partial charge < -0.3 is 15.5 Å². The SMILES string of the molecule is Cc1ccc(Cl)cc1NC(=O)c1nnn(Cc2nc(-c3ccccc3)oc2C)c1N. The third-order valence-corrected chi connectivity index (χ3v) is 4.88. The van der Waals surface area contributed by atoms with Crippen molar-refractivity contribution in [2.75, 3.05) is 11.1 Å². The van der Waals surface area contributed by atoms with Crippen LogP contribution in [0, 0.1) is 13.8 Å². The molecule has 1 amide bonds. The van der Waals surface area contributed by atoms with Crippen molar-refractivity contribution in [2.24, 2.45) is 0 Å². The molecule has 0 aliphatic carbocycles. The highest BCUT2D eigenvalue weighted by molar-refractivity contribution is 6.31. The number of benzene rings is 2. The van der Waals surface area contributed by atoms with Gasteiger partial charge in [0.05, 0.1) is 6.54 Å². The second kappa shape index (κ2) is 8.00. The third-order valence-electron chi connectivity index (χ3n) is 4.65. The summed E-state index contributed by atoms with van der Waals surface area (Å²) in [5.41, 5.74) is 9.14. The minimum atomic E-state index is -0.467. The van der Waals surface area contributed by atoms with E-state index in [1.165, 1.54) is 4.68 Å². The molecule has 0 atom stereocenters. The maximum Gasteiger partial charge on any atom is 0.280 e. The van der Waals surface area contributed by atoms with Gasteiger partial charge in [0.1, 0.15) is 11.5 Å². The molecule has 3 N–H and O–H groups in total. The van der Waals surface area contributed by atoms with Crippen molar-refractivity contribution in [3.05, 3.63) is 76.3 Å². The first-order valence-electron chi connectivity index (χ1n) is 9.20. The Morgan fingerprint density at radius 1 is 1.20 bits per heavy atom. The molecule has 0 saturated carbocycles. The van der Waals surface area contributed by atoms with Gasteiger partial charge >= 0.3 is 0 Å². The van der Waals surface area contributed by atoms with E-state index in [0.717, 1.165) is 11.1 Å². The van der Waals surface area contributed by atoms with Crippen molar-refractivity contribution in [3.8, 4) is 11.5 Å². The summed E-state index contributed by atoms with van der Waals surface area (Å²) >= 11 is 6.01. The molecule has 9 heteroatoms. The number of nitrogens with two attached hydrogens (primary N) is 1. The van der Waals surface area contributed by atoms with Crippen molar-refractivity contribution in [1.29, 1.82) is 0 Å². The number of halogens is 1. The molecule has 2 heterocycles. The van der Waals surface area contributed by atoms with Gasteiger partial charge in [-0.25, -0.2) is 9.67 Å². The molecule has 0 aliphatic heterocycles. The summed E-state index contributed by atoms with van der Waals surface area (Å²) in [6, 6.07) is 14.8. The second-order valence-corrected chi connectivity index (χ2v) is 7.22. The third kappa shape index (κ3) is 3.90. The molecule has 8 nitrogen and oxygen atoms in total. The number of nitrogen functional groups attached to an aromatic ring is 1. The predicted molar refractivity (Wildman–Crippen MR) is 114 cm³/mol. The maximum atomic E-state index is 12.6. The number of nitrogens with zero attached hydrogens (tertiary/aromatic N) is 4. The van der Waals surface area contributed by atoms with Gasteiger partial charge in [0.15, 0.2) is 11.5 Å². The predicted octanol–water partition coefficient (Wildman–Crippen LogP) is 4.09. The van der Waals surface area contributed by atoms with E-state index in [1.807, 2.05) is 50.2 Å². The lowest BCUT2D eigenvalue weighted by molar-refractivity contribution is 0.102. The maximum absolute atomic E-state index is 12.6. The Morgan fingerprint density at radius 2 is 1.97 bits per heavy atom. The monoisotopic (exact) mass is 422 g/mol. The normalized spacial score (nSPS) is 10.9. The van der Waals surface area contributed by atoms with Crippen LogP contribution in [0.1, 0.15) is 27.5 Å². The average Bonchev–Trinajstić information content (AvgIpc) is 3.28. The molecule has 0 saturated heterocycles. The molecular weight excluding hydrogens is 404 g/mol. The highest BCUT2D eigenvalue weighted by Gasteiger charge is 2.20. The number of aryl methyl sites for hydroxylation is 2. The number of aromatic nitrogens is 4. The molecule has 2 aromatic heterocycles. The van der Waals surface area contributed by atoms with Gasteiger partial charge in [0, 0.05) is 16.3 Å². The number of hydrogen-bond donors (Lipinski definition) is 2. The van der Waals surface area contributed by atoms with E-state index >= 15 is 0 Å². The van der Waals surface area contributed by atoms with Crippen LogP contribution in [0.25, 0.3) is 11.5 Å². The molecule has 0 bridgehead atoms. The Hall–Kier alpha value is -3.65. The van der Waals surface area contributed by atoms with Gasteiger partial charge in [-0.3, -0.25) is 4.79 Å². The molecular formula is C21H19ClN6O2. The van der Waals surface area contributed by atoms with Crippen molar-refractivity contribution in [1.82, 2.24) is 20.0 Å². The number of anilines is 2. The zero-order valence-electron chi connectivity index (χ0n) is 16.4. The van der Waals surface area contributed by atoms with E-state index in [0.29, 0.717) is 28.1 Å². The van der Waals surface area contributed by atoms with E-state index in [1.54, 1.807) is 12.1 Å². The fourth-order valence-corrected chi connectivity index (χ4v) is 3.10. The smallest absolute Gasteiger partial charge is 0.280 e. The van der Waals surface area contributed by atoms with E-state index in [9.17, 15) is 4.79 Å². The summed E-state index contributed by atoms with van der Waals surface area (Å²) in [5.74, 6) is 0.822. The van der Waals surface area contributed by atoms with Gasteiger partial charge in [-0.1, -0.05) is 41.1 Å². The largest absolute Gasteiger partial charge is 0.441 e. The van der Waals surface area contributed by atoms with Crippen molar-refractivity contribution in [2.45, 2.75) is 20.4 Å². The van der Waals surface area contributed by atoms with Gasteiger partial charge in [0.25, 0.3) is 5.91 Å². The minimum Gasteiger partial charge on any atom is -0.441 e. The number of hydrogen-bond acceptors (Lipinski definition) is 6. The first-order valence-corrected chi connectivity index (χ1v) is 9.58. The number of nitrogens with one attached hydrogen (secondary N) is 1. The van der Waals surface area contributed by atoms with Crippen LogP contribution in [0.15, 0.2) is 52.9 Å². The molecule has 0 spiro atoms. The van der Waals surface area contributed by atoms with Crippen molar-refractivity contribution in [3.63, 3.8) is 0 Å². The lowest BCUT2D eigenvalue weighted by atomic mass is 10.2. The lowest BCUT2D eigenvalue weighted by Gasteiger charge is -2.08. The van der Waals surface area contributed by atoms with Gasteiger partial charge in [0.2, 0.25) is 5.89 Å². The average molecular weight is 423 g/mol. The van der Waals surface area contributed by atoms with Crippen LogP contribution in [0.2, 0.25) is 5.02 Å². The van der Waals surface area contributed by atoms with Crippen LogP contribution in [0.5, 0.6) is 0 Å². The van der Waals surface area contributed by atoms with E-state index in [-0.39, 0.29) is 18.1 Å². The Morgan fingerprint density at radius 3 is 2.73 bits per heavy atom. The first kappa shape index (κ1) is 19.7. The van der Waals surface area contributed by atoms with E-state index in [2.05, 4.69) is 20.6 Å². The number of oxazole rings is 1. The Kier molecular flexibility index (Phi) is 5.24. The van der Waals surface area contributed by atoms with Gasteiger partial charge in [-0.2, -0.15) is 0 Å².